The van der Waals surface area contributed by atoms with Crippen LogP contribution in [0.25, 0.3) is 10.8 Å². The molecule has 0 radical (unpaired) electrons. The zero-order valence-corrected chi connectivity index (χ0v) is 8.49. The van der Waals surface area contributed by atoms with Crippen molar-refractivity contribution >= 4 is 10.8 Å². The van der Waals surface area contributed by atoms with Gasteiger partial charge in [-0.25, -0.2) is 0 Å². The third-order valence-electron chi connectivity index (χ3n) is 2.55. The van der Waals surface area contributed by atoms with Crippen molar-refractivity contribution in [2.75, 3.05) is 0 Å². The highest BCUT2D eigenvalue weighted by Gasteiger charge is 2.02. The molecule has 2 aromatic rings. The number of benzene rings is 2. The van der Waals surface area contributed by atoms with E-state index in [1.165, 1.54) is 5.56 Å². The smallest absolute Gasteiger partial charge is 0.123 e. The van der Waals surface area contributed by atoms with Gasteiger partial charge < -0.3 is 5.11 Å². The lowest BCUT2D eigenvalue weighted by Crippen LogP contribution is -1.86. The van der Waals surface area contributed by atoms with E-state index >= 15 is 0 Å². The van der Waals surface area contributed by atoms with Crippen LogP contribution >= 0.6 is 0 Å². The third-order valence-corrected chi connectivity index (χ3v) is 2.55. The van der Waals surface area contributed by atoms with Crippen LogP contribution in [0.3, 0.4) is 0 Å². The van der Waals surface area contributed by atoms with Crippen LogP contribution in [-0.4, -0.2) is 5.11 Å². The van der Waals surface area contributed by atoms with Crippen LogP contribution in [0.4, 0.5) is 0 Å². The molecule has 1 nitrogen and oxygen atoms in total. The summed E-state index contributed by atoms with van der Waals surface area (Å²) >= 11 is 0. The fourth-order valence-corrected chi connectivity index (χ4v) is 1.64. The van der Waals surface area contributed by atoms with Crippen LogP contribution in [0.5, 0.6) is 5.75 Å². The van der Waals surface area contributed by atoms with Crippen molar-refractivity contribution < 1.29 is 5.11 Å². The summed E-state index contributed by atoms with van der Waals surface area (Å²) in [7, 11) is 0. The summed E-state index contributed by atoms with van der Waals surface area (Å²) in [5.74, 6) is 0.888. The van der Waals surface area contributed by atoms with Gasteiger partial charge >= 0.3 is 0 Å². The first kappa shape index (κ1) is 9.07. The Balaban J connectivity index is 2.67. The first-order chi connectivity index (χ1) is 6.68. The van der Waals surface area contributed by atoms with E-state index in [0.29, 0.717) is 11.7 Å². The number of phenolic OH excluding ortho intramolecular Hbond substituents is 1. The van der Waals surface area contributed by atoms with Crippen LogP contribution in [0.2, 0.25) is 0 Å². The molecule has 0 aliphatic carbocycles. The van der Waals surface area contributed by atoms with Gasteiger partial charge in [-0.15, -0.1) is 0 Å². The summed E-state index contributed by atoms with van der Waals surface area (Å²) in [4.78, 5) is 0. The molecule has 72 valence electrons. The number of rotatable bonds is 1. The van der Waals surface area contributed by atoms with Crippen LogP contribution < -0.4 is 0 Å². The Morgan fingerprint density at radius 1 is 1.07 bits per heavy atom. The maximum absolute atomic E-state index is 9.60. The molecule has 0 aromatic heterocycles. The monoisotopic (exact) mass is 186 g/mol. The minimum Gasteiger partial charge on any atom is -0.507 e. The van der Waals surface area contributed by atoms with Gasteiger partial charge in [0, 0.05) is 5.39 Å². The molecular weight excluding hydrogens is 172 g/mol. The standard InChI is InChI=1S/C13H14O/c1-9(2)10-6-7-12-11(8-10)4-3-5-13(12)14/h3-9,14H,1-2H3. The molecule has 0 heterocycles. The summed E-state index contributed by atoms with van der Waals surface area (Å²) < 4.78 is 0. The van der Waals surface area contributed by atoms with E-state index in [1.54, 1.807) is 6.07 Å². The first-order valence-electron chi connectivity index (χ1n) is 4.90. The van der Waals surface area contributed by atoms with Crippen molar-refractivity contribution in [3.05, 3.63) is 42.0 Å². The first-order valence-corrected chi connectivity index (χ1v) is 4.90. The molecular formula is C13H14O. The van der Waals surface area contributed by atoms with Gasteiger partial charge in [-0.1, -0.05) is 44.2 Å². The Morgan fingerprint density at radius 2 is 1.86 bits per heavy atom. The molecule has 0 unspecified atom stereocenters. The summed E-state index contributed by atoms with van der Waals surface area (Å²) in [5.41, 5.74) is 1.31. The highest BCUT2D eigenvalue weighted by atomic mass is 16.3. The SMILES string of the molecule is CC(C)c1ccc2c(O)cccc2c1. The van der Waals surface area contributed by atoms with Gasteiger partial charge in [-0.3, -0.25) is 0 Å². The zero-order chi connectivity index (χ0) is 10.1. The molecule has 0 fully saturated rings. The van der Waals surface area contributed by atoms with E-state index < -0.39 is 0 Å². The van der Waals surface area contributed by atoms with Crippen molar-refractivity contribution in [1.82, 2.24) is 0 Å². The Morgan fingerprint density at radius 3 is 2.57 bits per heavy atom. The van der Waals surface area contributed by atoms with Crippen molar-refractivity contribution in [3.8, 4) is 5.75 Å². The minimum absolute atomic E-state index is 0.359. The summed E-state index contributed by atoms with van der Waals surface area (Å²) in [5, 5.41) is 11.6. The van der Waals surface area contributed by atoms with Crippen LogP contribution in [-0.2, 0) is 0 Å². The summed E-state index contributed by atoms with van der Waals surface area (Å²) in [6, 6.07) is 11.8. The Hall–Kier alpha value is -1.50. The van der Waals surface area contributed by atoms with Crippen LogP contribution in [0.15, 0.2) is 36.4 Å². The Kier molecular flexibility index (Phi) is 2.16. The second kappa shape index (κ2) is 3.33. The highest BCUT2D eigenvalue weighted by Crippen LogP contribution is 2.27. The van der Waals surface area contributed by atoms with E-state index in [2.05, 4.69) is 26.0 Å². The molecule has 0 atom stereocenters. The van der Waals surface area contributed by atoms with Crippen molar-refractivity contribution in [3.63, 3.8) is 0 Å². The molecule has 2 aromatic carbocycles. The van der Waals surface area contributed by atoms with Crippen LogP contribution in [0.1, 0.15) is 25.3 Å². The normalized spacial score (nSPS) is 11.1. The van der Waals surface area contributed by atoms with E-state index in [9.17, 15) is 5.11 Å². The lowest BCUT2D eigenvalue weighted by atomic mass is 9.99. The maximum Gasteiger partial charge on any atom is 0.123 e. The van der Waals surface area contributed by atoms with E-state index in [4.69, 9.17) is 0 Å². The number of aromatic hydroxyl groups is 1. The second-order valence-corrected chi connectivity index (χ2v) is 3.91. The van der Waals surface area contributed by atoms with Crippen molar-refractivity contribution in [1.29, 1.82) is 0 Å². The van der Waals surface area contributed by atoms with Crippen LogP contribution in [0, 0.1) is 0 Å². The van der Waals surface area contributed by atoms with Gasteiger partial charge in [0.1, 0.15) is 5.75 Å². The minimum atomic E-state index is 0.359. The topological polar surface area (TPSA) is 20.2 Å². The zero-order valence-electron chi connectivity index (χ0n) is 8.49. The molecule has 0 bridgehead atoms. The molecule has 0 saturated carbocycles. The molecule has 0 saturated heterocycles. The number of fused-ring (bicyclic) bond motifs is 1. The number of hydrogen-bond acceptors (Lipinski definition) is 1. The number of hydrogen-bond donors (Lipinski definition) is 1. The highest BCUT2D eigenvalue weighted by molar-refractivity contribution is 5.88. The molecule has 0 spiro atoms. The molecule has 0 aliphatic heterocycles. The van der Waals surface area contributed by atoms with Gasteiger partial charge in [0.15, 0.2) is 0 Å². The van der Waals surface area contributed by atoms with Gasteiger partial charge in [0.05, 0.1) is 0 Å². The lowest BCUT2D eigenvalue weighted by Gasteiger charge is -2.07. The fourth-order valence-electron chi connectivity index (χ4n) is 1.64. The molecule has 2 rings (SSSR count). The van der Waals surface area contributed by atoms with Gasteiger partial charge in [0.25, 0.3) is 0 Å². The van der Waals surface area contributed by atoms with Crippen molar-refractivity contribution in [2.24, 2.45) is 0 Å². The molecule has 0 amide bonds. The summed E-state index contributed by atoms with van der Waals surface area (Å²) in [6.45, 7) is 4.34. The molecule has 1 N–H and O–H groups in total. The van der Waals surface area contributed by atoms with E-state index in [0.717, 1.165) is 10.8 Å². The predicted octanol–water partition coefficient (Wildman–Crippen LogP) is 3.67. The average Bonchev–Trinajstić information content (AvgIpc) is 2.17. The Labute approximate surface area is 84.0 Å². The molecule has 0 aliphatic rings. The third kappa shape index (κ3) is 1.46. The maximum atomic E-state index is 9.60. The predicted molar refractivity (Wildman–Crippen MR) is 59.7 cm³/mol. The van der Waals surface area contributed by atoms with Gasteiger partial charge in [0.2, 0.25) is 0 Å². The number of phenols is 1. The fraction of sp³-hybridized carbons (Fsp3) is 0.231. The summed E-state index contributed by atoms with van der Waals surface area (Å²) in [6.07, 6.45) is 0. The quantitative estimate of drug-likeness (QED) is 0.720. The van der Waals surface area contributed by atoms with E-state index in [1.807, 2.05) is 18.2 Å². The largest absolute Gasteiger partial charge is 0.507 e. The van der Waals surface area contributed by atoms with Gasteiger partial charge in [-0.2, -0.15) is 0 Å². The molecule has 1 heteroatoms. The average molecular weight is 186 g/mol. The lowest BCUT2D eigenvalue weighted by molar-refractivity contribution is 0.481. The van der Waals surface area contributed by atoms with Gasteiger partial charge in [-0.05, 0) is 22.9 Å². The second-order valence-electron chi connectivity index (χ2n) is 3.91. The van der Waals surface area contributed by atoms with E-state index in [-0.39, 0.29) is 0 Å². The Bertz CT molecular complexity index is 458. The van der Waals surface area contributed by atoms with Crippen molar-refractivity contribution in [2.45, 2.75) is 19.8 Å². The molecule has 14 heavy (non-hydrogen) atoms.